The van der Waals surface area contributed by atoms with Crippen LogP contribution in [0.4, 0.5) is 5.69 Å². The number of hydrogen-bond acceptors (Lipinski definition) is 5. The fourth-order valence-electron chi connectivity index (χ4n) is 3.20. The summed E-state index contributed by atoms with van der Waals surface area (Å²) in [5.74, 6) is 0.885. The summed E-state index contributed by atoms with van der Waals surface area (Å²) in [4.78, 5) is 12.6. The van der Waals surface area contributed by atoms with Crippen molar-refractivity contribution in [1.82, 2.24) is 4.31 Å². The molecule has 0 radical (unpaired) electrons. The highest BCUT2D eigenvalue weighted by molar-refractivity contribution is 7.89. The van der Waals surface area contributed by atoms with Gasteiger partial charge in [-0.15, -0.1) is 0 Å². The molecule has 4 rings (SSSR count). The molecule has 1 N–H and O–H groups in total. The molecule has 1 heterocycles. The number of benzene rings is 3. The summed E-state index contributed by atoms with van der Waals surface area (Å²) in [5, 5.41) is 2.83. The molecule has 0 spiro atoms. The zero-order chi connectivity index (χ0) is 22.6. The second-order valence-electron chi connectivity index (χ2n) is 7.06. The maximum atomic E-state index is 13.0. The fraction of sp³-hybridized carbons (Fsp3) is 0.174. The molecule has 1 saturated heterocycles. The quantitative estimate of drug-likeness (QED) is 0.574. The molecule has 9 heteroatoms. The number of para-hydroxylation sites is 1. The van der Waals surface area contributed by atoms with Gasteiger partial charge in [0.05, 0.1) is 18.2 Å². The minimum atomic E-state index is -3.83. The molecule has 1 fully saturated rings. The van der Waals surface area contributed by atoms with E-state index in [9.17, 15) is 13.2 Å². The van der Waals surface area contributed by atoms with Gasteiger partial charge in [-0.2, -0.15) is 4.31 Å². The molecule has 1 aliphatic heterocycles. The molecule has 0 aliphatic carbocycles. The lowest BCUT2D eigenvalue weighted by atomic mass is 10.2. The van der Waals surface area contributed by atoms with Crippen LogP contribution < -0.4 is 10.1 Å². The number of carbonyl (C=O) groups excluding carboxylic acids is 1. The summed E-state index contributed by atoms with van der Waals surface area (Å²) in [7, 11) is -3.83. The molecule has 1 aliphatic rings. The predicted molar refractivity (Wildman–Crippen MR) is 122 cm³/mol. The Labute approximate surface area is 191 Å². The Balaban J connectivity index is 1.48. The number of rotatable bonds is 6. The first kappa shape index (κ1) is 22.3. The number of nitrogens with one attached hydrogen (secondary N) is 1. The summed E-state index contributed by atoms with van der Waals surface area (Å²) in [5.41, 5.74) is 0.730. The van der Waals surface area contributed by atoms with Crippen LogP contribution >= 0.6 is 11.6 Å². The molecular weight excluding hydrogens is 452 g/mol. The minimum absolute atomic E-state index is 0.0652. The smallest absolute Gasteiger partial charge is 0.255 e. The lowest BCUT2D eigenvalue weighted by Gasteiger charge is -2.26. The number of nitrogens with zero attached hydrogens (tertiary/aromatic N) is 1. The van der Waals surface area contributed by atoms with E-state index in [1.54, 1.807) is 24.3 Å². The van der Waals surface area contributed by atoms with Gasteiger partial charge in [0.25, 0.3) is 5.91 Å². The van der Waals surface area contributed by atoms with Gasteiger partial charge in [0.2, 0.25) is 10.0 Å². The van der Waals surface area contributed by atoms with E-state index < -0.39 is 15.9 Å². The number of ether oxygens (including phenoxy) is 2. The molecule has 3 aromatic rings. The third-order valence-corrected chi connectivity index (χ3v) is 7.25. The molecular formula is C23H21ClN2O5S. The van der Waals surface area contributed by atoms with E-state index in [1.807, 2.05) is 30.3 Å². The molecule has 3 aromatic carbocycles. The first-order chi connectivity index (χ1) is 15.4. The van der Waals surface area contributed by atoms with Crippen molar-refractivity contribution in [3.63, 3.8) is 0 Å². The van der Waals surface area contributed by atoms with Crippen molar-refractivity contribution in [3.8, 4) is 11.5 Å². The Bertz CT molecular complexity index is 1190. The minimum Gasteiger partial charge on any atom is -0.457 e. The van der Waals surface area contributed by atoms with Gasteiger partial charge >= 0.3 is 0 Å². The topological polar surface area (TPSA) is 84.9 Å². The summed E-state index contributed by atoms with van der Waals surface area (Å²) >= 11 is 6.17. The highest BCUT2D eigenvalue weighted by Crippen LogP contribution is 2.27. The van der Waals surface area contributed by atoms with Crippen LogP contribution in [0.1, 0.15) is 10.4 Å². The van der Waals surface area contributed by atoms with E-state index in [0.29, 0.717) is 30.4 Å². The number of amides is 1. The van der Waals surface area contributed by atoms with Crippen LogP contribution in [0.15, 0.2) is 77.7 Å². The molecule has 0 aromatic heterocycles. The van der Waals surface area contributed by atoms with E-state index in [1.165, 1.54) is 22.5 Å². The fourth-order valence-corrected chi connectivity index (χ4v) is 5.11. The van der Waals surface area contributed by atoms with Gasteiger partial charge in [0, 0.05) is 24.3 Å². The first-order valence-electron chi connectivity index (χ1n) is 9.95. The van der Waals surface area contributed by atoms with E-state index in [2.05, 4.69) is 5.32 Å². The second-order valence-corrected chi connectivity index (χ2v) is 9.37. The highest BCUT2D eigenvalue weighted by atomic mass is 35.5. The van der Waals surface area contributed by atoms with Crippen LogP contribution in [0, 0.1) is 0 Å². The predicted octanol–water partition coefficient (Wildman–Crippen LogP) is 4.41. The molecule has 7 nitrogen and oxygen atoms in total. The highest BCUT2D eigenvalue weighted by Gasteiger charge is 2.29. The maximum absolute atomic E-state index is 13.0. The lowest BCUT2D eigenvalue weighted by molar-refractivity contribution is 0.0730. The lowest BCUT2D eigenvalue weighted by Crippen LogP contribution is -2.40. The van der Waals surface area contributed by atoms with Gasteiger partial charge in [0.15, 0.2) is 0 Å². The van der Waals surface area contributed by atoms with Gasteiger partial charge in [0.1, 0.15) is 16.4 Å². The van der Waals surface area contributed by atoms with Crippen LogP contribution in [0.2, 0.25) is 5.02 Å². The zero-order valence-corrected chi connectivity index (χ0v) is 18.6. The number of hydrogen-bond donors (Lipinski definition) is 1. The Morgan fingerprint density at radius 3 is 2.28 bits per heavy atom. The SMILES string of the molecule is O=C(Nc1ccc(Oc2ccccc2)cc1)c1ccc(Cl)c(S(=O)(=O)N2CCOCC2)c1. The van der Waals surface area contributed by atoms with Crippen molar-refractivity contribution in [2.75, 3.05) is 31.6 Å². The van der Waals surface area contributed by atoms with Crippen molar-refractivity contribution in [2.24, 2.45) is 0 Å². The molecule has 32 heavy (non-hydrogen) atoms. The first-order valence-corrected chi connectivity index (χ1v) is 11.8. The van der Waals surface area contributed by atoms with Crippen molar-refractivity contribution in [3.05, 3.63) is 83.4 Å². The number of halogens is 1. The largest absolute Gasteiger partial charge is 0.457 e. The molecule has 0 atom stereocenters. The van der Waals surface area contributed by atoms with Gasteiger partial charge < -0.3 is 14.8 Å². The van der Waals surface area contributed by atoms with Gasteiger partial charge in [-0.3, -0.25) is 4.79 Å². The van der Waals surface area contributed by atoms with Crippen LogP contribution in [0.5, 0.6) is 11.5 Å². The van der Waals surface area contributed by atoms with Crippen molar-refractivity contribution < 1.29 is 22.7 Å². The Morgan fingerprint density at radius 1 is 0.938 bits per heavy atom. The normalized spacial score (nSPS) is 14.7. The second kappa shape index (κ2) is 9.70. The van der Waals surface area contributed by atoms with Gasteiger partial charge in [-0.05, 0) is 54.6 Å². The monoisotopic (exact) mass is 472 g/mol. The van der Waals surface area contributed by atoms with Gasteiger partial charge in [-0.25, -0.2) is 8.42 Å². The van der Waals surface area contributed by atoms with Crippen LogP contribution in [-0.2, 0) is 14.8 Å². The molecule has 0 bridgehead atoms. The average Bonchev–Trinajstić information content (AvgIpc) is 2.82. The van der Waals surface area contributed by atoms with E-state index >= 15 is 0 Å². The van der Waals surface area contributed by atoms with Gasteiger partial charge in [-0.1, -0.05) is 29.8 Å². The van der Waals surface area contributed by atoms with E-state index in [-0.39, 0.29) is 28.6 Å². The number of carbonyl (C=O) groups is 1. The Morgan fingerprint density at radius 2 is 1.59 bits per heavy atom. The van der Waals surface area contributed by atoms with Crippen LogP contribution in [-0.4, -0.2) is 44.9 Å². The number of sulfonamides is 1. The summed E-state index contributed by atoms with van der Waals surface area (Å²) < 4.78 is 38.2. The summed E-state index contributed by atoms with van der Waals surface area (Å²) in [6.45, 7) is 1.13. The third kappa shape index (κ3) is 5.11. The molecule has 0 saturated carbocycles. The van der Waals surface area contributed by atoms with Crippen molar-refractivity contribution in [2.45, 2.75) is 4.90 Å². The maximum Gasteiger partial charge on any atom is 0.255 e. The van der Waals surface area contributed by atoms with Crippen molar-refractivity contribution in [1.29, 1.82) is 0 Å². The Kier molecular flexibility index (Phi) is 6.76. The Hall–Kier alpha value is -2.91. The zero-order valence-electron chi connectivity index (χ0n) is 17.0. The van der Waals surface area contributed by atoms with Crippen LogP contribution in [0.25, 0.3) is 0 Å². The summed E-state index contributed by atoms with van der Waals surface area (Å²) in [6.07, 6.45) is 0. The molecule has 1 amide bonds. The average molecular weight is 473 g/mol. The molecule has 0 unspecified atom stereocenters. The van der Waals surface area contributed by atoms with E-state index in [4.69, 9.17) is 21.1 Å². The van der Waals surface area contributed by atoms with Crippen molar-refractivity contribution >= 4 is 33.2 Å². The summed E-state index contributed by atoms with van der Waals surface area (Å²) in [6, 6.07) is 20.4. The number of morpholine rings is 1. The number of anilines is 1. The third-order valence-electron chi connectivity index (χ3n) is 4.87. The molecule has 166 valence electrons. The van der Waals surface area contributed by atoms with Crippen LogP contribution in [0.3, 0.4) is 0 Å². The van der Waals surface area contributed by atoms with E-state index in [0.717, 1.165) is 0 Å². The standard InChI is InChI=1S/C23H21ClN2O5S/c24-21-11-6-17(16-22(21)32(28,29)26-12-14-30-15-13-26)23(27)25-18-7-9-20(10-8-18)31-19-4-2-1-3-5-19/h1-11,16H,12-15H2,(H,25,27).